The normalized spacial score (nSPS) is 10.5. The van der Waals surface area contributed by atoms with E-state index in [1.165, 1.54) is 0 Å². The van der Waals surface area contributed by atoms with Crippen molar-refractivity contribution < 1.29 is 0 Å². The first-order chi connectivity index (χ1) is 7.40. The molecule has 0 radical (unpaired) electrons. The Morgan fingerprint density at radius 1 is 1.40 bits per heavy atom. The third kappa shape index (κ3) is 2.57. The molecule has 0 saturated heterocycles. The van der Waals surface area contributed by atoms with Gasteiger partial charge in [-0.25, -0.2) is 4.98 Å². The van der Waals surface area contributed by atoms with Gasteiger partial charge in [-0.3, -0.25) is 9.97 Å². The molecule has 2 heterocycles. The van der Waals surface area contributed by atoms with E-state index in [0.717, 1.165) is 29.5 Å². The lowest BCUT2D eigenvalue weighted by molar-refractivity contribution is 0.714. The Morgan fingerprint density at radius 3 is 3.07 bits per heavy atom. The number of hydrogen-bond donors (Lipinski definition) is 1. The molecule has 1 N–H and O–H groups in total. The Morgan fingerprint density at radius 2 is 2.33 bits per heavy atom. The molecule has 0 aliphatic rings. The minimum Gasteiger partial charge on any atom is -0.311 e. The van der Waals surface area contributed by atoms with Crippen molar-refractivity contribution in [1.29, 1.82) is 0 Å². The van der Waals surface area contributed by atoms with Crippen molar-refractivity contribution in [2.75, 3.05) is 6.54 Å². The molecular formula is C10H12N4S. The maximum Gasteiger partial charge on any atom is 0.143 e. The van der Waals surface area contributed by atoms with Gasteiger partial charge in [0.05, 0.1) is 11.9 Å². The molecular weight excluding hydrogens is 208 g/mol. The van der Waals surface area contributed by atoms with Crippen molar-refractivity contribution in [1.82, 2.24) is 20.3 Å². The molecule has 2 aromatic rings. The Balaban J connectivity index is 2.14. The van der Waals surface area contributed by atoms with E-state index < -0.39 is 0 Å². The van der Waals surface area contributed by atoms with Gasteiger partial charge in [0.1, 0.15) is 10.7 Å². The summed E-state index contributed by atoms with van der Waals surface area (Å²) in [5.41, 5.74) is 1.90. The average Bonchev–Trinajstić information content (AvgIpc) is 2.76. The molecule has 78 valence electrons. The van der Waals surface area contributed by atoms with Crippen molar-refractivity contribution >= 4 is 11.3 Å². The lowest BCUT2D eigenvalue weighted by atomic mass is 10.4. The Bertz CT molecular complexity index is 412. The van der Waals surface area contributed by atoms with Crippen LogP contribution in [-0.2, 0) is 6.54 Å². The highest BCUT2D eigenvalue weighted by Crippen LogP contribution is 2.20. The summed E-state index contributed by atoms with van der Waals surface area (Å²) >= 11 is 1.60. The molecule has 5 heteroatoms. The zero-order valence-electron chi connectivity index (χ0n) is 8.47. The number of rotatable bonds is 4. The second-order valence-electron chi connectivity index (χ2n) is 3.01. The quantitative estimate of drug-likeness (QED) is 0.852. The van der Waals surface area contributed by atoms with Crippen LogP contribution < -0.4 is 5.32 Å². The second-order valence-corrected chi connectivity index (χ2v) is 3.87. The Hall–Kier alpha value is -1.33. The summed E-state index contributed by atoms with van der Waals surface area (Å²) in [4.78, 5) is 12.7. The largest absolute Gasteiger partial charge is 0.311 e. The van der Waals surface area contributed by atoms with Crippen LogP contribution in [0.2, 0.25) is 0 Å². The lowest BCUT2D eigenvalue weighted by Crippen LogP contribution is -2.11. The van der Waals surface area contributed by atoms with E-state index in [1.807, 2.05) is 5.38 Å². The monoisotopic (exact) mass is 220 g/mol. The third-order valence-electron chi connectivity index (χ3n) is 1.89. The molecule has 0 atom stereocenters. The van der Waals surface area contributed by atoms with Gasteiger partial charge < -0.3 is 5.32 Å². The molecule has 0 aliphatic carbocycles. The van der Waals surface area contributed by atoms with Gasteiger partial charge in [-0.15, -0.1) is 11.3 Å². The molecule has 0 amide bonds. The van der Waals surface area contributed by atoms with E-state index in [1.54, 1.807) is 29.9 Å². The van der Waals surface area contributed by atoms with E-state index in [9.17, 15) is 0 Å². The van der Waals surface area contributed by atoms with Crippen LogP contribution >= 0.6 is 11.3 Å². The fraction of sp³-hybridized carbons (Fsp3) is 0.300. The van der Waals surface area contributed by atoms with Crippen molar-refractivity contribution in [3.63, 3.8) is 0 Å². The molecule has 15 heavy (non-hydrogen) atoms. The van der Waals surface area contributed by atoms with Crippen LogP contribution in [0.25, 0.3) is 10.7 Å². The van der Waals surface area contributed by atoms with Gasteiger partial charge in [0.15, 0.2) is 0 Å². The highest BCUT2D eigenvalue weighted by Gasteiger charge is 2.04. The van der Waals surface area contributed by atoms with Crippen LogP contribution in [0.15, 0.2) is 24.0 Å². The summed E-state index contributed by atoms with van der Waals surface area (Å²) in [6.07, 6.45) is 5.08. The highest BCUT2D eigenvalue weighted by atomic mass is 32.1. The van der Waals surface area contributed by atoms with Gasteiger partial charge in [-0.05, 0) is 6.54 Å². The lowest BCUT2D eigenvalue weighted by Gasteiger charge is -1.95. The van der Waals surface area contributed by atoms with Crippen molar-refractivity contribution in [3.05, 3.63) is 29.7 Å². The topological polar surface area (TPSA) is 50.7 Å². The van der Waals surface area contributed by atoms with Crippen LogP contribution in [0.5, 0.6) is 0 Å². The standard InChI is InChI=1S/C10H12N4S/c1-2-11-5-8-7-15-10(14-8)9-6-12-3-4-13-9/h3-4,6-7,11H,2,5H2,1H3. The van der Waals surface area contributed by atoms with Crippen LogP contribution in [-0.4, -0.2) is 21.5 Å². The van der Waals surface area contributed by atoms with Gasteiger partial charge in [-0.2, -0.15) is 0 Å². The minimum atomic E-state index is 0.813. The predicted octanol–water partition coefficient (Wildman–Crippen LogP) is 1.71. The van der Waals surface area contributed by atoms with Crippen LogP contribution in [0.4, 0.5) is 0 Å². The van der Waals surface area contributed by atoms with E-state index in [-0.39, 0.29) is 0 Å². The van der Waals surface area contributed by atoms with E-state index in [0.29, 0.717) is 0 Å². The summed E-state index contributed by atoms with van der Waals surface area (Å²) in [6.45, 7) is 3.85. The van der Waals surface area contributed by atoms with Crippen LogP contribution in [0.3, 0.4) is 0 Å². The van der Waals surface area contributed by atoms with Gasteiger partial charge in [0, 0.05) is 24.3 Å². The number of nitrogens with zero attached hydrogens (tertiary/aromatic N) is 3. The highest BCUT2D eigenvalue weighted by molar-refractivity contribution is 7.13. The number of aromatic nitrogens is 3. The van der Waals surface area contributed by atoms with Gasteiger partial charge in [0.2, 0.25) is 0 Å². The smallest absolute Gasteiger partial charge is 0.143 e. The number of hydrogen-bond acceptors (Lipinski definition) is 5. The minimum absolute atomic E-state index is 0.813. The van der Waals surface area contributed by atoms with Crippen molar-refractivity contribution in [2.45, 2.75) is 13.5 Å². The zero-order chi connectivity index (χ0) is 10.5. The average molecular weight is 220 g/mol. The van der Waals surface area contributed by atoms with E-state index >= 15 is 0 Å². The molecule has 0 unspecified atom stereocenters. The third-order valence-corrected chi connectivity index (χ3v) is 2.80. The van der Waals surface area contributed by atoms with E-state index in [4.69, 9.17) is 0 Å². The molecule has 0 aromatic carbocycles. The second kappa shape index (κ2) is 4.95. The molecule has 0 fully saturated rings. The summed E-state index contributed by atoms with van der Waals surface area (Å²) in [6, 6.07) is 0. The molecule has 0 aliphatic heterocycles. The van der Waals surface area contributed by atoms with Crippen molar-refractivity contribution in [3.8, 4) is 10.7 Å². The summed E-state index contributed by atoms with van der Waals surface area (Å²) in [5, 5.41) is 6.21. The predicted molar refractivity (Wildman–Crippen MR) is 60.5 cm³/mol. The fourth-order valence-corrected chi connectivity index (χ4v) is 1.95. The molecule has 0 saturated carbocycles. The van der Waals surface area contributed by atoms with Gasteiger partial charge >= 0.3 is 0 Å². The fourth-order valence-electron chi connectivity index (χ4n) is 1.17. The number of nitrogens with one attached hydrogen (secondary N) is 1. The first-order valence-electron chi connectivity index (χ1n) is 4.81. The molecule has 0 bridgehead atoms. The Kier molecular flexibility index (Phi) is 3.37. The van der Waals surface area contributed by atoms with Gasteiger partial charge in [0.25, 0.3) is 0 Å². The molecule has 4 nitrogen and oxygen atoms in total. The zero-order valence-corrected chi connectivity index (χ0v) is 9.29. The molecule has 0 spiro atoms. The van der Waals surface area contributed by atoms with Crippen LogP contribution in [0, 0.1) is 0 Å². The summed E-state index contributed by atoms with van der Waals surface area (Å²) in [5.74, 6) is 0. The van der Waals surface area contributed by atoms with Crippen LogP contribution in [0.1, 0.15) is 12.6 Å². The van der Waals surface area contributed by atoms with Crippen molar-refractivity contribution in [2.24, 2.45) is 0 Å². The maximum absolute atomic E-state index is 4.47. The molecule has 2 rings (SSSR count). The summed E-state index contributed by atoms with van der Waals surface area (Å²) < 4.78 is 0. The van der Waals surface area contributed by atoms with Gasteiger partial charge in [-0.1, -0.05) is 6.92 Å². The SMILES string of the molecule is CCNCc1csc(-c2cnccn2)n1. The number of thiazole rings is 1. The van der Waals surface area contributed by atoms with E-state index in [2.05, 4.69) is 27.2 Å². The molecule has 2 aromatic heterocycles. The summed E-state index contributed by atoms with van der Waals surface area (Å²) in [7, 11) is 0. The Labute approximate surface area is 92.4 Å². The maximum atomic E-state index is 4.47. The first-order valence-corrected chi connectivity index (χ1v) is 5.69. The first kappa shape index (κ1) is 10.2.